The second-order valence-electron chi connectivity index (χ2n) is 6.17. The van der Waals surface area contributed by atoms with Gasteiger partial charge in [0.2, 0.25) is 0 Å². The lowest BCUT2D eigenvalue weighted by atomic mass is 10.1. The van der Waals surface area contributed by atoms with E-state index in [1.807, 2.05) is 0 Å². The average molecular weight is 464 g/mol. The van der Waals surface area contributed by atoms with Crippen molar-refractivity contribution in [3.05, 3.63) is 63.2 Å². The fourth-order valence-corrected chi connectivity index (χ4v) is 3.86. The van der Waals surface area contributed by atoms with Gasteiger partial charge < -0.3 is 19.5 Å². The number of benzene rings is 1. The Morgan fingerprint density at radius 3 is 2.42 bits per heavy atom. The molecule has 0 aliphatic heterocycles. The highest BCUT2D eigenvalue weighted by Crippen LogP contribution is 2.34. The quantitative estimate of drug-likeness (QED) is 0.531. The molecule has 0 radical (unpaired) electrons. The summed E-state index contributed by atoms with van der Waals surface area (Å²) in [6.07, 6.45) is 1.58. The summed E-state index contributed by atoms with van der Waals surface area (Å²) in [4.78, 5) is 37.0. The molecule has 1 aromatic carbocycles. The molecule has 0 fully saturated rings. The highest BCUT2D eigenvalue weighted by Gasteiger charge is 2.27. The average Bonchev–Trinajstić information content (AvgIpc) is 3.37. The van der Waals surface area contributed by atoms with Gasteiger partial charge in [0.25, 0.3) is 5.91 Å². The minimum atomic E-state index is -0.680. The lowest BCUT2D eigenvalue weighted by Crippen LogP contribution is -2.16. The number of methoxy groups -OCH3 is 2. The monoisotopic (exact) mass is 463 g/mol. The van der Waals surface area contributed by atoms with E-state index in [9.17, 15) is 14.4 Å². The largest absolute Gasteiger partial charge is 0.471 e. The van der Waals surface area contributed by atoms with Crippen LogP contribution in [0, 0.1) is 6.92 Å². The van der Waals surface area contributed by atoms with Gasteiger partial charge in [-0.05, 0) is 42.8 Å². The van der Waals surface area contributed by atoms with Crippen molar-refractivity contribution in [2.45, 2.75) is 13.7 Å². The number of aromatic nitrogens is 2. The first kappa shape index (κ1) is 22.3. The van der Waals surface area contributed by atoms with E-state index in [-0.39, 0.29) is 27.9 Å². The van der Waals surface area contributed by atoms with Gasteiger partial charge in [-0.3, -0.25) is 4.79 Å². The number of carbonyl (C=O) groups excluding carboxylic acids is 3. The van der Waals surface area contributed by atoms with Gasteiger partial charge >= 0.3 is 11.9 Å². The van der Waals surface area contributed by atoms with E-state index in [0.29, 0.717) is 16.3 Å². The third-order valence-corrected chi connectivity index (χ3v) is 5.62. The van der Waals surface area contributed by atoms with Crippen molar-refractivity contribution in [1.29, 1.82) is 0 Å². The fraction of sp³-hybridized carbons (Fsp3) is 0.200. The van der Waals surface area contributed by atoms with Crippen LogP contribution in [-0.4, -0.2) is 41.8 Å². The van der Waals surface area contributed by atoms with Crippen LogP contribution in [0.3, 0.4) is 0 Å². The molecule has 0 atom stereocenters. The number of hydrogen-bond donors (Lipinski definition) is 1. The van der Waals surface area contributed by atoms with Crippen LogP contribution in [0.15, 0.2) is 36.5 Å². The molecule has 0 bridgehead atoms. The number of nitrogens with one attached hydrogen (secondary N) is 1. The first-order chi connectivity index (χ1) is 14.8. The zero-order valence-corrected chi connectivity index (χ0v) is 18.4. The molecule has 162 valence electrons. The Morgan fingerprint density at radius 2 is 1.77 bits per heavy atom. The smallest absolute Gasteiger partial charge is 0.348 e. The van der Waals surface area contributed by atoms with Gasteiger partial charge in [0.15, 0.2) is 12.4 Å². The van der Waals surface area contributed by atoms with Crippen molar-refractivity contribution in [3.63, 3.8) is 0 Å². The molecule has 0 spiro atoms. The van der Waals surface area contributed by atoms with Crippen LogP contribution in [0.5, 0.6) is 5.75 Å². The lowest BCUT2D eigenvalue weighted by molar-refractivity contribution is 0.0601. The number of thiophene rings is 1. The van der Waals surface area contributed by atoms with Crippen LogP contribution in [0.25, 0.3) is 0 Å². The Kier molecular flexibility index (Phi) is 6.93. The van der Waals surface area contributed by atoms with Crippen LogP contribution < -0.4 is 10.1 Å². The molecule has 0 saturated heterocycles. The lowest BCUT2D eigenvalue weighted by Gasteiger charge is -2.06. The Bertz CT molecular complexity index is 1120. The van der Waals surface area contributed by atoms with Crippen molar-refractivity contribution in [3.8, 4) is 5.75 Å². The van der Waals surface area contributed by atoms with Crippen LogP contribution >= 0.6 is 22.9 Å². The molecule has 3 rings (SSSR count). The third kappa shape index (κ3) is 5.04. The predicted molar refractivity (Wildman–Crippen MR) is 114 cm³/mol. The minimum Gasteiger partial charge on any atom is -0.471 e. The number of anilines is 1. The molecule has 1 amide bonds. The van der Waals surface area contributed by atoms with E-state index >= 15 is 0 Å². The molecule has 1 N–H and O–H groups in total. The number of halogens is 1. The third-order valence-electron chi connectivity index (χ3n) is 4.18. The Balaban J connectivity index is 1.75. The summed E-state index contributed by atoms with van der Waals surface area (Å²) in [5.41, 5.74) is 0.550. The molecule has 3 aromatic rings. The summed E-state index contributed by atoms with van der Waals surface area (Å²) < 4.78 is 16.5. The Morgan fingerprint density at radius 1 is 1.10 bits per heavy atom. The highest BCUT2D eigenvalue weighted by atomic mass is 35.5. The molecule has 31 heavy (non-hydrogen) atoms. The summed E-state index contributed by atoms with van der Waals surface area (Å²) in [5, 5.41) is 7.54. The molecular weight excluding hydrogens is 446 g/mol. The van der Waals surface area contributed by atoms with Gasteiger partial charge in [0.05, 0.1) is 19.8 Å². The van der Waals surface area contributed by atoms with Gasteiger partial charge in [-0.1, -0.05) is 11.6 Å². The molecule has 11 heteroatoms. The number of ether oxygens (including phenoxy) is 3. The van der Waals surface area contributed by atoms with Crippen LogP contribution in [0.1, 0.15) is 36.1 Å². The van der Waals surface area contributed by atoms with Gasteiger partial charge in [0.1, 0.15) is 15.6 Å². The van der Waals surface area contributed by atoms with E-state index in [2.05, 4.69) is 10.4 Å². The standard InChI is InChI=1S/C20H18ClN3O6S/c1-11-15(19(26)28-2)18(31-16(11)20(27)29-3)22-17(25)14-8-9-24(23-14)10-30-13-6-4-12(21)5-7-13/h4-9H,10H2,1-3H3,(H,22,25). The Hall–Kier alpha value is -3.37. The maximum Gasteiger partial charge on any atom is 0.348 e. The molecule has 0 saturated carbocycles. The van der Waals surface area contributed by atoms with Crippen LogP contribution in [-0.2, 0) is 16.2 Å². The normalized spacial score (nSPS) is 10.5. The van der Waals surface area contributed by atoms with Gasteiger partial charge in [0, 0.05) is 11.2 Å². The van der Waals surface area contributed by atoms with E-state index in [0.717, 1.165) is 11.3 Å². The number of hydrogen-bond acceptors (Lipinski definition) is 8. The summed E-state index contributed by atoms with van der Waals surface area (Å²) in [5.74, 6) is -1.26. The predicted octanol–water partition coefficient (Wildman–Crippen LogP) is 3.77. The van der Waals surface area contributed by atoms with Crippen molar-refractivity contribution in [2.75, 3.05) is 19.5 Å². The second-order valence-corrected chi connectivity index (χ2v) is 7.62. The number of amides is 1. The van der Waals surface area contributed by atoms with Gasteiger partial charge in [-0.15, -0.1) is 11.3 Å². The zero-order valence-electron chi connectivity index (χ0n) is 16.8. The zero-order chi connectivity index (χ0) is 22.5. The molecule has 9 nitrogen and oxygen atoms in total. The maximum absolute atomic E-state index is 12.7. The summed E-state index contributed by atoms with van der Waals surface area (Å²) >= 11 is 6.76. The van der Waals surface area contributed by atoms with Crippen LogP contribution in [0.2, 0.25) is 5.02 Å². The van der Waals surface area contributed by atoms with E-state index in [1.165, 1.54) is 25.0 Å². The van der Waals surface area contributed by atoms with Crippen molar-refractivity contribution in [1.82, 2.24) is 9.78 Å². The number of esters is 2. The maximum atomic E-state index is 12.7. The number of nitrogens with zero attached hydrogens (tertiary/aromatic N) is 2. The van der Waals surface area contributed by atoms with Crippen LogP contribution in [0.4, 0.5) is 5.00 Å². The Labute approximate surface area is 186 Å². The second kappa shape index (κ2) is 9.63. The van der Waals surface area contributed by atoms with E-state index in [1.54, 1.807) is 37.4 Å². The molecule has 2 heterocycles. The molecular formula is C20H18ClN3O6S. The summed E-state index contributed by atoms with van der Waals surface area (Å²) in [6, 6.07) is 8.32. The van der Waals surface area contributed by atoms with Crippen molar-refractivity contribution < 1.29 is 28.6 Å². The SMILES string of the molecule is COC(=O)c1sc(NC(=O)c2ccn(COc3ccc(Cl)cc3)n2)c(C(=O)OC)c1C. The molecule has 2 aromatic heterocycles. The molecule has 0 unspecified atom stereocenters. The molecule has 0 aliphatic rings. The minimum absolute atomic E-state index is 0.0763. The number of carbonyl (C=O) groups is 3. The first-order valence-electron chi connectivity index (χ1n) is 8.87. The van der Waals surface area contributed by atoms with Gasteiger partial charge in [-0.25, -0.2) is 14.3 Å². The van der Waals surface area contributed by atoms with Crippen molar-refractivity contribution >= 4 is 45.8 Å². The summed E-state index contributed by atoms with van der Waals surface area (Å²) in [6.45, 7) is 1.65. The van der Waals surface area contributed by atoms with E-state index in [4.69, 9.17) is 25.8 Å². The molecule has 0 aliphatic carbocycles. The van der Waals surface area contributed by atoms with E-state index < -0.39 is 17.8 Å². The van der Waals surface area contributed by atoms with Gasteiger partial charge in [-0.2, -0.15) is 5.10 Å². The number of rotatable bonds is 7. The highest BCUT2D eigenvalue weighted by molar-refractivity contribution is 7.18. The topological polar surface area (TPSA) is 109 Å². The first-order valence-corrected chi connectivity index (χ1v) is 10.1. The van der Waals surface area contributed by atoms with Crippen molar-refractivity contribution in [2.24, 2.45) is 0 Å². The fourth-order valence-electron chi connectivity index (χ4n) is 2.63. The summed E-state index contributed by atoms with van der Waals surface area (Å²) in [7, 11) is 2.45.